The lowest BCUT2D eigenvalue weighted by Crippen LogP contribution is -2.28. The summed E-state index contributed by atoms with van der Waals surface area (Å²) >= 11 is 0. The van der Waals surface area contributed by atoms with Gasteiger partial charge in [-0.3, -0.25) is 4.79 Å². The summed E-state index contributed by atoms with van der Waals surface area (Å²) in [5.74, 6) is -0.831. The summed E-state index contributed by atoms with van der Waals surface area (Å²) in [6, 6.07) is 4.86. The SMILES string of the molecule is NCC(=O)Nc1ccc(N2CCCNCC2)cc1F. The fraction of sp³-hybridized carbons (Fsp3) is 0.462. The molecule has 0 bridgehead atoms. The average Bonchev–Trinajstić information content (AvgIpc) is 2.69. The van der Waals surface area contributed by atoms with E-state index in [2.05, 4.69) is 15.5 Å². The number of amides is 1. The monoisotopic (exact) mass is 266 g/mol. The van der Waals surface area contributed by atoms with Crippen molar-refractivity contribution in [3.8, 4) is 0 Å². The molecule has 4 N–H and O–H groups in total. The van der Waals surface area contributed by atoms with Gasteiger partial charge >= 0.3 is 0 Å². The molecular weight excluding hydrogens is 247 g/mol. The number of nitrogens with one attached hydrogen (secondary N) is 2. The van der Waals surface area contributed by atoms with E-state index in [1.54, 1.807) is 6.07 Å². The van der Waals surface area contributed by atoms with E-state index in [0.717, 1.165) is 38.3 Å². The highest BCUT2D eigenvalue weighted by Gasteiger charge is 2.12. The Morgan fingerprint density at radius 3 is 3.00 bits per heavy atom. The van der Waals surface area contributed by atoms with Crippen molar-refractivity contribution in [2.24, 2.45) is 5.73 Å². The van der Waals surface area contributed by atoms with Crippen LogP contribution in [-0.4, -0.2) is 38.6 Å². The van der Waals surface area contributed by atoms with Crippen LogP contribution >= 0.6 is 0 Å². The van der Waals surface area contributed by atoms with Crippen LogP contribution in [-0.2, 0) is 4.79 Å². The second-order valence-corrected chi connectivity index (χ2v) is 4.51. The first-order valence-electron chi connectivity index (χ1n) is 6.46. The minimum atomic E-state index is -0.434. The van der Waals surface area contributed by atoms with Gasteiger partial charge in [-0.05, 0) is 31.2 Å². The summed E-state index contributed by atoms with van der Waals surface area (Å²) in [6.45, 7) is 3.49. The molecule has 1 aromatic carbocycles. The Morgan fingerprint density at radius 1 is 1.42 bits per heavy atom. The lowest BCUT2D eigenvalue weighted by Gasteiger charge is -2.22. The summed E-state index contributed by atoms with van der Waals surface area (Å²) in [5.41, 5.74) is 6.20. The van der Waals surface area contributed by atoms with Gasteiger partial charge in [-0.2, -0.15) is 0 Å². The predicted molar refractivity (Wildman–Crippen MR) is 73.8 cm³/mol. The van der Waals surface area contributed by atoms with Gasteiger partial charge in [0.1, 0.15) is 5.82 Å². The zero-order valence-corrected chi connectivity index (χ0v) is 10.8. The van der Waals surface area contributed by atoms with Gasteiger partial charge in [0.15, 0.2) is 0 Å². The number of anilines is 2. The van der Waals surface area contributed by atoms with Crippen LogP contribution in [0.5, 0.6) is 0 Å². The highest BCUT2D eigenvalue weighted by atomic mass is 19.1. The van der Waals surface area contributed by atoms with E-state index in [1.807, 2.05) is 6.07 Å². The number of benzene rings is 1. The molecule has 1 fully saturated rings. The van der Waals surface area contributed by atoms with E-state index in [1.165, 1.54) is 6.07 Å². The first kappa shape index (κ1) is 13.8. The highest BCUT2D eigenvalue weighted by molar-refractivity contribution is 5.92. The number of hydrogen-bond acceptors (Lipinski definition) is 4. The second-order valence-electron chi connectivity index (χ2n) is 4.51. The Hall–Kier alpha value is -1.66. The van der Waals surface area contributed by atoms with Gasteiger partial charge in [0.05, 0.1) is 12.2 Å². The number of rotatable bonds is 3. The van der Waals surface area contributed by atoms with E-state index >= 15 is 0 Å². The molecule has 1 saturated heterocycles. The lowest BCUT2D eigenvalue weighted by molar-refractivity contribution is -0.114. The Labute approximate surface area is 112 Å². The molecule has 0 radical (unpaired) electrons. The van der Waals surface area contributed by atoms with E-state index in [9.17, 15) is 9.18 Å². The Balaban J connectivity index is 2.11. The molecule has 104 valence electrons. The topological polar surface area (TPSA) is 70.4 Å². The number of nitrogens with two attached hydrogens (primary N) is 1. The molecule has 0 spiro atoms. The standard InChI is InChI=1S/C13H19FN4O/c14-11-8-10(18-6-1-4-16-5-7-18)2-3-12(11)17-13(19)9-15/h2-3,8,16H,1,4-7,9,15H2,(H,17,19). The first-order chi connectivity index (χ1) is 9.20. The van der Waals surface area contributed by atoms with Gasteiger partial charge in [-0.15, -0.1) is 0 Å². The van der Waals surface area contributed by atoms with E-state index in [4.69, 9.17) is 5.73 Å². The zero-order valence-electron chi connectivity index (χ0n) is 10.8. The van der Waals surface area contributed by atoms with E-state index < -0.39 is 11.7 Å². The maximum atomic E-state index is 13.9. The van der Waals surface area contributed by atoms with Crippen molar-refractivity contribution >= 4 is 17.3 Å². The van der Waals surface area contributed by atoms with Crippen molar-refractivity contribution in [1.82, 2.24) is 5.32 Å². The molecule has 6 heteroatoms. The van der Waals surface area contributed by atoms with Crippen molar-refractivity contribution in [1.29, 1.82) is 0 Å². The van der Waals surface area contributed by atoms with Gasteiger partial charge < -0.3 is 21.3 Å². The average molecular weight is 266 g/mol. The molecule has 5 nitrogen and oxygen atoms in total. The van der Waals surface area contributed by atoms with Crippen LogP contribution in [0, 0.1) is 5.82 Å². The maximum absolute atomic E-state index is 13.9. The summed E-state index contributed by atoms with van der Waals surface area (Å²) in [6.07, 6.45) is 1.03. The molecule has 0 aromatic heterocycles. The number of carbonyl (C=O) groups is 1. The smallest absolute Gasteiger partial charge is 0.238 e. The normalized spacial score (nSPS) is 16.0. The maximum Gasteiger partial charge on any atom is 0.238 e. The summed E-state index contributed by atoms with van der Waals surface area (Å²) in [4.78, 5) is 13.3. The molecule has 2 rings (SSSR count). The van der Waals surface area contributed by atoms with E-state index in [-0.39, 0.29) is 12.2 Å². The molecule has 0 saturated carbocycles. The molecule has 0 atom stereocenters. The van der Waals surface area contributed by atoms with Crippen LogP contribution in [0.1, 0.15) is 6.42 Å². The second kappa shape index (κ2) is 6.49. The summed E-state index contributed by atoms with van der Waals surface area (Å²) < 4.78 is 13.9. The third-order valence-corrected chi connectivity index (χ3v) is 3.12. The molecule has 0 aliphatic carbocycles. The predicted octanol–water partition coefficient (Wildman–Crippen LogP) is 0.523. The largest absolute Gasteiger partial charge is 0.370 e. The van der Waals surface area contributed by atoms with E-state index in [0.29, 0.717) is 0 Å². The fourth-order valence-corrected chi connectivity index (χ4v) is 2.11. The molecule has 1 aliphatic heterocycles. The van der Waals surface area contributed by atoms with Crippen molar-refractivity contribution in [3.05, 3.63) is 24.0 Å². The van der Waals surface area contributed by atoms with Crippen LogP contribution in [0.4, 0.5) is 15.8 Å². The third kappa shape index (κ3) is 3.65. The van der Waals surface area contributed by atoms with Crippen LogP contribution in [0.2, 0.25) is 0 Å². The molecular formula is C13H19FN4O. The Kier molecular flexibility index (Phi) is 4.70. The molecule has 19 heavy (non-hydrogen) atoms. The van der Waals surface area contributed by atoms with Crippen molar-refractivity contribution < 1.29 is 9.18 Å². The quantitative estimate of drug-likeness (QED) is 0.746. The summed E-state index contributed by atoms with van der Waals surface area (Å²) in [5, 5.41) is 5.73. The zero-order chi connectivity index (χ0) is 13.7. The third-order valence-electron chi connectivity index (χ3n) is 3.12. The van der Waals surface area contributed by atoms with Crippen LogP contribution in [0.3, 0.4) is 0 Å². The Bertz CT molecular complexity index is 444. The molecule has 1 aromatic rings. The molecule has 1 amide bonds. The van der Waals surface area contributed by atoms with Crippen molar-refractivity contribution in [2.45, 2.75) is 6.42 Å². The Morgan fingerprint density at radius 2 is 2.26 bits per heavy atom. The minimum Gasteiger partial charge on any atom is -0.370 e. The van der Waals surface area contributed by atoms with Crippen molar-refractivity contribution in [3.63, 3.8) is 0 Å². The number of hydrogen-bond donors (Lipinski definition) is 3. The van der Waals surface area contributed by atoms with Gasteiger partial charge in [0.25, 0.3) is 0 Å². The molecule has 1 aliphatic rings. The molecule has 0 unspecified atom stereocenters. The van der Waals surface area contributed by atoms with Gasteiger partial charge in [0.2, 0.25) is 5.91 Å². The lowest BCUT2D eigenvalue weighted by atomic mass is 10.2. The first-order valence-corrected chi connectivity index (χ1v) is 6.46. The van der Waals surface area contributed by atoms with Gasteiger partial charge in [-0.1, -0.05) is 0 Å². The van der Waals surface area contributed by atoms with Crippen LogP contribution < -0.4 is 21.3 Å². The number of nitrogens with zero attached hydrogens (tertiary/aromatic N) is 1. The van der Waals surface area contributed by atoms with Crippen LogP contribution in [0.15, 0.2) is 18.2 Å². The van der Waals surface area contributed by atoms with Crippen molar-refractivity contribution in [2.75, 3.05) is 42.9 Å². The van der Waals surface area contributed by atoms with Gasteiger partial charge in [-0.25, -0.2) is 4.39 Å². The molecule has 1 heterocycles. The number of halogens is 1. The van der Waals surface area contributed by atoms with Crippen LogP contribution in [0.25, 0.3) is 0 Å². The summed E-state index contributed by atoms with van der Waals surface area (Å²) in [7, 11) is 0. The fourth-order valence-electron chi connectivity index (χ4n) is 2.11. The minimum absolute atomic E-state index is 0.154. The number of carbonyl (C=O) groups excluding carboxylic acids is 1. The highest BCUT2D eigenvalue weighted by Crippen LogP contribution is 2.22. The van der Waals surface area contributed by atoms with Gasteiger partial charge in [0, 0.05) is 25.3 Å².